The maximum Gasteiger partial charge on any atom is 0.270 e. The zero-order chi connectivity index (χ0) is 14.7. The van der Waals surface area contributed by atoms with Crippen molar-refractivity contribution < 1.29 is 14.1 Å². The van der Waals surface area contributed by atoms with Crippen LogP contribution in [-0.4, -0.2) is 28.3 Å². The predicted octanol–water partition coefficient (Wildman–Crippen LogP) is 3.14. The summed E-state index contributed by atoms with van der Waals surface area (Å²) in [5.74, 6) is -1.17. The zero-order valence-electron chi connectivity index (χ0n) is 11.3. The number of carbonyl (C=O) groups excluding carboxylic acids is 1. The van der Waals surface area contributed by atoms with Crippen molar-refractivity contribution in [3.63, 3.8) is 0 Å². The number of hydrogen-bond donors (Lipinski definition) is 0. The van der Waals surface area contributed by atoms with Crippen LogP contribution in [0.25, 0.3) is 0 Å². The van der Waals surface area contributed by atoms with Crippen LogP contribution >= 0.6 is 0 Å². The van der Waals surface area contributed by atoms with Gasteiger partial charge >= 0.3 is 0 Å². The van der Waals surface area contributed by atoms with Crippen molar-refractivity contribution in [1.82, 2.24) is 4.90 Å². The normalized spacial score (nSPS) is 15.3. The standard InChI is InChI=1S/C14H17FN2O3/c1-2-16(10-5-3-4-6-10)14(18)12-9-11(17(19)20)7-8-13(12)15/h7-10H,2-6H2,1H3. The van der Waals surface area contributed by atoms with E-state index in [1.807, 2.05) is 6.92 Å². The van der Waals surface area contributed by atoms with Gasteiger partial charge in [-0.1, -0.05) is 12.8 Å². The Morgan fingerprint density at radius 3 is 2.65 bits per heavy atom. The second-order valence-electron chi connectivity index (χ2n) is 4.95. The fourth-order valence-corrected chi connectivity index (χ4v) is 2.73. The van der Waals surface area contributed by atoms with Gasteiger partial charge in [-0.15, -0.1) is 0 Å². The highest BCUT2D eigenvalue weighted by Gasteiger charge is 2.28. The lowest BCUT2D eigenvalue weighted by Gasteiger charge is -2.27. The molecule has 0 saturated heterocycles. The Morgan fingerprint density at radius 2 is 2.10 bits per heavy atom. The van der Waals surface area contributed by atoms with Gasteiger partial charge in [0.25, 0.3) is 11.6 Å². The lowest BCUT2D eigenvalue weighted by Crippen LogP contribution is -2.39. The third kappa shape index (κ3) is 2.79. The molecule has 1 aliphatic carbocycles. The van der Waals surface area contributed by atoms with E-state index in [2.05, 4.69) is 0 Å². The fraction of sp³-hybridized carbons (Fsp3) is 0.500. The van der Waals surface area contributed by atoms with Gasteiger partial charge in [-0.2, -0.15) is 0 Å². The van der Waals surface area contributed by atoms with Crippen LogP contribution in [0.3, 0.4) is 0 Å². The molecule has 1 saturated carbocycles. The minimum absolute atomic E-state index is 0.117. The first-order chi connectivity index (χ1) is 9.54. The van der Waals surface area contributed by atoms with Crippen molar-refractivity contribution in [3.8, 4) is 0 Å². The zero-order valence-corrected chi connectivity index (χ0v) is 11.3. The molecule has 0 spiro atoms. The summed E-state index contributed by atoms with van der Waals surface area (Å²) < 4.78 is 13.8. The molecule has 1 aromatic rings. The molecule has 1 fully saturated rings. The minimum atomic E-state index is -0.711. The highest BCUT2D eigenvalue weighted by molar-refractivity contribution is 5.95. The molecule has 0 aromatic heterocycles. The first-order valence-corrected chi connectivity index (χ1v) is 6.79. The van der Waals surface area contributed by atoms with Gasteiger partial charge in [-0.05, 0) is 25.8 Å². The van der Waals surface area contributed by atoms with Crippen LogP contribution in [0.5, 0.6) is 0 Å². The van der Waals surface area contributed by atoms with Crippen molar-refractivity contribution in [2.24, 2.45) is 0 Å². The van der Waals surface area contributed by atoms with E-state index in [-0.39, 0.29) is 17.3 Å². The molecule has 1 aromatic carbocycles. The van der Waals surface area contributed by atoms with Crippen molar-refractivity contribution in [2.75, 3.05) is 6.54 Å². The average molecular weight is 280 g/mol. The Bertz CT molecular complexity index is 527. The summed E-state index contributed by atoms with van der Waals surface area (Å²) in [6.45, 7) is 2.32. The summed E-state index contributed by atoms with van der Waals surface area (Å²) in [6.07, 6.45) is 3.95. The molecule has 0 unspecified atom stereocenters. The third-order valence-electron chi connectivity index (χ3n) is 3.76. The van der Waals surface area contributed by atoms with Crippen molar-refractivity contribution >= 4 is 11.6 Å². The van der Waals surface area contributed by atoms with E-state index in [9.17, 15) is 19.3 Å². The Kier molecular flexibility index (Phi) is 4.32. The van der Waals surface area contributed by atoms with E-state index >= 15 is 0 Å². The summed E-state index contributed by atoms with van der Waals surface area (Å²) in [5.41, 5.74) is -0.481. The minimum Gasteiger partial charge on any atom is -0.336 e. The molecular formula is C14H17FN2O3. The number of rotatable bonds is 4. The van der Waals surface area contributed by atoms with Gasteiger partial charge < -0.3 is 4.90 Å². The number of nitro benzene ring substituents is 1. The molecule has 0 bridgehead atoms. The summed E-state index contributed by atoms with van der Waals surface area (Å²) in [7, 11) is 0. The highest BCUT2D eigenvalue weighted by Crippen LogP contribution is 2.26. The molecule has 20 heavy (non-hydrogen) atoms. The van der Waals surface area contributed by atoms with Gasteiger partial charge in [-0.25, -0.2) is 4.39 Å². The molecule has 0 heterocycles. The molecule has 1 amide bonds. The predicted molar refractivity (Wildman–Crippen MR) is 72.0 cm³/mol. The Labute approximate surface area is 116 Å². The molecule has 2 rings (SSSR count). The molecule has 0 N–H and O–H groups in total. The van der Waals surface area contributed by atoms with Gasteiger partial charge in [-0.3, -0.25) is 14.9 Å². The van der Waals surface area contributed by atoms with E-state index in [0.29, 0.717) is 6.54 Å². The number of halogens is 1. The summed E-state index contributed by atoms with van der Waals surface area (Å²) in [5, 5.41) is 10.7. The van der Waals surface area contributed by atoms with E-state index in [4.69, 9.17) is 0 Å². The number of non-ortho nitro benzene ring substituents is 1. The molecular weight excluding hydrogens is 263 g/mol. The maximum absolute atomic E-state index is 13.8. The number of benzene rings is 1. The molecule has 1 aliphatic rings. The topological polar surface area (TPSA) is 63.5 Å². The quantitative estimate of drug-likeness (QED) is 0.628. The van der Waals surface area contributed by atoms with Crippen LogP contribution in [0.1, 0.15) is 43.0 Å². The van der Waals surface area contributed by atoms with Crippen molar-refractivity contribution in [1.29, 1.82) is 0 Å². The summed E-state index contributed by atoms with van der Waals surface area (Å²) >= 11 is 0. The van der Waals surface area contributed by atoms with Crippen LogP contribution < -0.4 is 0 Å². The number of carbonyl (C=O) groups is 1. The Balaban J connectivity index is 2.30. The Hall–Kier alpha value is -1.98. The molecule has 108 valence electrons. The van der Waals surface area contributed by atoms with E-state index < -0.39 is 16.6 Å². The highest BCUT2D eigenvalue weighted by atomic mass is 19.1. The number of hydrogen-bond acceptors (Lipinski definition) is 3. The molecule has 0 atom stereocenters. The lowest BCUT2D eigenvalue weighted by molar-refractivity contribution is -0.384. The molecule has 0 radical (unpaired) electrons. The van der Waals surface area contributed by atoms with Gasteiger partial charge in [0, 0.05) is 24.7 Å². The second-order valence-corrected chi connectivity index (χ2v) is 4.95. The van der Waals surface area contributed by atoms with Crippen LogP contribution in [0.4, 0.5) is 10.1 Å². The lowest BCUT2D eigenvalue weighted by atomic mass is 10.1. The van der Waals surface area contributed by atoms with E-state index in [0.717, 1.165) is 43.9 Å². The second kappa shape index (κ2) is 5.98. The fourth-order valence-electron chi connectivity index (χ4n) is 2.73. The number of amides is 1. The van der Waals surface area contributed by atoms with Crippen molar-refractivity contribution in [3.05, 3.63) is 39.7 Å². The van der Waals surface area contributed by atoms with Crippen LogP contribution in [-0.2, 0) is 0 Å². The SMILES string of the molecule is CCN(C(=O)c1cc([N+](=O)[O-])ccc1F)C1CCCC1. The summed E-state index contributed by atoms with van der Waals surface area (Å²) in [6, 6.07) is 3.19. The van der Waals surface area contributed by atoms with Gasteiger partial charge in [0.2, 0.25) is 0 Å². The van der Waals surface area contributed by atoms with Crippen LogP contribution in [0, 0.1) is 15.9 Å². The first-order valence-electron chi connectivity index (χ1n) is 6.79. The van der Waals surface area contributed by atoms with Crippen molar-refractivity contribution in [2.45, 2.75) is 38.6 Å². The monoisotopic (exact) mass is 280 g/mol. The smallest absolute Gasteiger partial charge is 0.270 e. The maximum atomic E-state index is 13.8. The Morgan fingerprint density at radius 1 is 1.45 bits per heavy atom. The largest absolute Gasteiger partial charge is 0.336 e. The third-order valence-corrected chi connectivity index (χ3v) is 3.76. The first kappa shape index (κ1) is 14.4. The molecule has 0 aliphatic heterocycles. The van der Waals surface area contributed by atoms with Gasteiger partial charge in [0.15, 0.2) is 0 Å². The van der Waals surface area contributed by atoms with E-state index in [1.54, 1.807) is 4.90 Å². The summed E-state index contributed by atoms with van der Waals surface area (Å²) in [4.78, 5) is 24.2. The van der Waals surface area contributed by atoms with Gasteiger partial charge in [0.05, 0.1) is 10.5 Å². The number of nitro groups is 1. The number of nitrogens with zero attached hydrogens (tertiary/aromatic N) is 2. The van der Waals surface area contributed by atoms with Crippen LogP contribution in [0.2, 0.25) is 0 Å². The van der Waals surface area contributed by atoms with E-state index in [1.165, 1.54) is 0 Å². The molecule has 6 heteroatoms. The van der Waals surface area contributed by atoms with Gasteiger partial charge in [0.1, 0.15) is 5.82 Å². The average Bonchev–Trinajstić information content (AvgIpc) is 2.93. The van der Waals surface area contributed by atoms with Crippen LogP contribution in [0.15, 0.2) is 18.2 Å². The molecule has 5 nitrogen and oxygen atoms in total.